The number of hydrogen-bond donors (Lipinski definition) is 0. The zero-order valence-corrected chi connectivity index (χ0v) is 17.7. The van der Waals surface area contributed by atoms with E-state index in [0.717, 1.165) is 17.7 Å². The summed E-state index contributed by atoms with van der Waals surface area (Å²) in [7, 11) is 0. The number of carbonyl (C=O) groups is 1. The van der Waals surface area contributed by atoms with Crippen LogP contribution >= 0.6 is 0 Å². The summed E-state index contributed by atoms with van der Waals surface area (Å²) < 4.78 is 11.3. The molecule has 0 unspecified atom stereocenters. The molecule has 0 N–H and O–H groups in total. The molecule has 3 nitrogen and oxygen atoms in total. The highest BCUT2D eigenvalue weighted by atomic mass is 16.5. The molecule has 0 amide bonds. The number of carbonyl (C=O) groups excluding carboxylic acids is 1. The van der Waals surface area contributed by atoms with E-state index < -0.39 is 0 Å². The van der Waals surface area contributed by atoms with Gasteiger partial charge in [-0.05, 0) is 60.4 Å². The van der Waals surface area contributed by atoms with Crippen molar-refractivity contribution < 1.29 is 14.3 Å². The minimum atomic E-state index is -0.345. The maximum Gasteiger partial charge on any atom is 0.343 e. The van der Waals surface area contributed by atoms with Crippen LogP contribution in [0, 0.1) is 0 Å². The number of benzene rings is 3. The summed E-state index contributed by atoms with van der Waals surface area (Å²) in [4.78, 5) is 12.4. The van der Waals surface area contributed by atoms with Gasteiger partial charge in [-0.25, -0.2) is 4.79 Å². The van der Waals surface area contributed by atoms with Gasteiger partial charge in [-0.3, -0.25) is 0 Å². The van der Waals surface area contributed by atoms with Crippen LogP contribution in [-0.4, -0.2) is 5.97 Å². The topological polar surface area (TPSA) is 35.5 Å². The Morgan fingerprint density at radius 1 is 0.700 bits per heavy atom. The van der Waals surface area contributed by atoms with Gasteiger partial charge >= 0.3 is 5.97 Å². The Morgan fingerprint density at radius 3 is 2.07 bits per heavy atom. The van der Waals surface area contributed by atoms with E-state index in [2.05, 4.69) is 6.92 Å². The second-order valence-electron chi connectivity index (χ2n) is 7.50. The Morgan fingerprint density at radius 2 is 1.37 bits per heavy atom. The Hall–Kier alpha value is -3.07. The van der Waals surface area contributed by atoms with Crippen LogP contribution in [0.2, 0.25) is 0 Å². The minimum Gasteiger partial charge on any atom is -0.489 e. The lowest BCUT2D eigenvalue weighted by atomic mass is 10.0. The molecule has 0 bridgehead atoms. The Bertz CT molecular complexity index is 884. The molecule has 0 heterocycles. The van der Waals surface area contributed by atoms with E-state index in [0.29, 0.717) is 17.9 Å². The quantitative estimate of drug-likeness (QED) is 0.197. The fourth-order valence-corrected chi connectivity index (χ4v) is 3.25. The maximum atomic E-state index is 12.4. The Kier molecular flexibility index (Phi) is 8.52. The Labute approximate surface area is 179 Å². The van der Waals surface area contributed by atoms with Crippen LogP contribution in [-0.2, 0) is 13.0 Å². The molecule has 3 heteroatoms. The molecule has 3 aromatic carbocycles. The summed E-state index contributed by atoms with van der Waals surface area (Å²) in [5.41, 5.74) is 2.94. The van der Waals surface area contributed by atoms with Gasteiger partial charge in [0.15, 0.2) is 0 Å². The maximum absolute atomic E-state index is 12.4. The van der Waals surface area contributed by atoms with Crippen molar-refractivity contribution in [3.05, 3.63) is 95.6 Å². The number of unbranched alkanes of at least 4 members (excludes halogenated alkanes) is 4. The molecule has 3 aromatic rings. The van der Waals surface area contributed by atoms with Crippen LogP contribution in [0.25, 0.3) is 0 Å². The lowest BCUT2D eigenvalue weighted by molar-refractivity contribution is 0.0734. The molecule has 0 fully saturated rings. The van der Waals surface area contributed by atoms with Crippen molar-refractivity contribution in [3.8, 4) is 11.5 Å². The molecule has 0 aromatic heterocycles. The van der Waals surface area contributed by atoms with Crippen LogP contribution in [0.5, 0.6) is 11.5 Å². The molecule has 0 saturated heterocycles. The number of esters is 1. The van der Waals surface area contributed by atoms with Crippen molar-refractivity contribution >= 4 is 5.97 Å². The molecular weight excluding hydrogens is 372 g/mol. The molecule has 3 rings (SSSR count). The van der Waals surface area contributed by atoms with Gasteiger partial charge in [-0.15, -0.1) is 0 Å². The largest absolute Gasteiger partial charge is 0.489 e. The van der Waals surface area contributed by atoms with E-state index in [9.17, 15) is 4.79 Å². The monoisotopic (exact) mass is 402 g/mol. The van der Waals surface area contributed by atoms with Crippen LogP contribution < -0.4 is 9.47 Å². The molecule has 0 aliphatic heterocycles. The van der Waals surface area contributed by atoms with E-state index in [1.807, 2.05) is 66.7 Å². The van der Waals surface area contributed by atoms with Gasteiger partial charge in [0, 0.05) is 0 Å². The van der Waals surface area contributed by atoms with E-state index in [4.69, 9.17) is 9.47 Å². The zero-order valence-electron chi connectivity index (χ0n) is 17.7. The third-order valence-corrected chi connectivity index (χ3v) is 5.04. The summed E-state index contributed by atoms with van der Waals surface area (Å²) in [5, 5.41) is 0. The average Bonchev–Trinajstić information content (AvgIpc) is 2.79. The molecule has 156 valence electrons. The molecule has 0 saturated carbocycles. The van der Waals surface area contributed by atoms with Gasteiger partial charge in [0.25, 0.3) is 0 Å². The average molecular weight is 403 g/mol. The van der Waals surface area contributed by atoms with Crippen LogP contribution in [0.3, 0.4) is 0 Å². The molecule has 0 atom stereocenters. The van der Waals surface area contributed by atoms with Crippen molar-refractivity contribution in [2.75, 3.05) is 0 Å². The van der Waals surface area contributed by atoms with E-state index in [1.54, 1.807) is 12.1 Å². The number of aryl methyl sites for hydroxylation is 1. The zero-order chi connectivity index (χ0) is 21.0. The fourth-order valence-electron chi connectivity index (χ4n) is 3.25. The lowest BCUT2D eigenvalue weighted by Crippen LogP contribution is -2.08. The first-order chi connectivity index (χ1) is 14.7. The van der Waals surface area contributed by atoms with Crippen molar-refractivity contribution in [1.82, 2.24) is 0 Å². The van der Waals surface area contributed by atoms with Gasteiger partial charge < -0.3 is 9.47 Å². The number of rotatable bonds is 11. The highest BCUT2D eigenvalue weighted by molar-refractivity contribution is 5.91. The summed E-state index contributed by atoms with van der Waals surface area (Å²) in [5.74, 6) is 0.899. The first-order valence-electron chi connectivity index (χ1n) is 10.8. The summed E-state index contributed by atoms with van der Waals surface area (Å²) in [6.45, 7) is 2.73. The van der Waals surface area contributed by atoms with Crippen LogP contribution in [0.4, 0.5) is 0 Å². The van der Waals surface area contributed by atoms with Crippen LogP contribution in [0.15, 0.2) is 78.9 Å². The van der Waals surface area contributed by atoms with Gasteiger partial charge in [-0.2, -0.15) is 0 Å². The highest BCUT2D eigenvalue weighted by Gasteiger charge is 2.09. The first kappa shape index (κ1) is 21.6. The predicted molar refractivity (Wildman–Crippen MR) is 121 cm³/mol. The third-order valence-electron chi connectivity index (χ3n) is 5.04. The van der Waals surface area contributed by atoms with E-state index in [-0.39, 0.29) is 5.97 Å². The second-order valence-corrected chi connectivity index (χ2v) is 7.50. The third kappa shape index (κ3) is 7.07. The van der Waals surface area contributed by atoms with E-state index in [1.165, 1.54) is 37.7 Å². The number of ether oxygens (including phenoxy) is 2. The van der Waals surface area contributed by atoms with Crippen molar-refractivity contribution in [3.63, 3.8) is 0 Å². The smallest absolute Gasteiger partial charge is 0.343 e. The van der Waals surface area contributed by atoms with Gasteiger partial charge in [0.1, 0.15) is 18.1 Å². The number of hydrogen-bond acceptors (Lipinski definition) is 3. The fraction of sp³-hybridized carbons (Fsp3) is 0.296. The second kappa shape index (κ2) is 11.8. The minimum absolute atomic E-state index is 0.345. The molecule has 0 radical (unpaired) electrons. The summed E-state index contributed by atoms with van der Waals surface area (Å²) in [6.07, 6.45) is 7.40. The molecule has 0 aliphatic carbocycles. The summed E-state index contributed by atoms with van der Waals surface area (Å²) in [6, 6.07) is 24.9. The summed E-state index contributed by atoms with van der Waals surface area (Å²) >= 11 is 0. The first-order valence-corrected chi connectivity index (χ1v) is 10.8. The van der Waals surface area contributed by atoms with E-state index >= 15 is 0 Å². The van der Waals surface area contributed by atoms with Crippen LogP contribution in [0.1, 0.15) is 60.5 Å². The van der Waals surface area contributed by atoms with Gasteiger partial charge in [0.05, 0.1) is 5.56 Å². The normalized spacial score (nSPS) is 10.6. The lowest BCUT2D eigenvalue weighted by Gasteiger charge is -2.08. The van der Waals surface area contributed by atoms with Gasteiger partial charge in [0.2, 0.25) is 0 Å². The molecular formula is C27H30O3. The van der Waals surface area contributed by atoms with Crippen molar-refractivity contribution in [1.29, 1.82) is 0 Å². The standard InChI is InChI=1S/C27H30O3/c1-2-3-4-5-7-10-22-13-15-24(16-14-22)27(28)30-26-19-17-25(18-20-26)29-21-23-11-8-6-9-12-23/h6,8-9,11-20H,2-5,7,10,21H2,1H3. The molecule has 0 spiro atoms. The highest BCUT2D eigenvalue weighted by Crippen LogP contribution is 2.20. The SMILES string of the molecule is CCCCCCCc1ccc(C(=O)Oc2ccc(OCc3ccccc3)cc2)cc1. The van der Waals surface area contributed by atoms with Crippen molar-refractivity contribution in [2.45, 2.75) is 52.1 Å². The van der Waals surface area contributed by atoms with Gasteiger partial charge in [-0.1, -0.05) is 75.1 Å². The Balaban J connectivity index is 1.45. The molecule has 0 aliphatic rings. The molecule has 30 heavy (non-hydrogen) atoms. The predicted octanol–water partition coefficient (Wildman–Crippen LogP) is 7.00. The van der Waals surface area contributed by atoms with Crippen molar-refractivity contribution in [2.24, 2.45) is 0 Å².